The number of benzene rings is 2. The molecule has 0 unspecified atom stereocenters. The van der Waals surface area contributed by atoms with E-state index in [9.17, 15) is 9.18 Å². The molecule has 2 aromatic carbocycles. The van der Waals surface area contributed by atoms with Crippen LogP contribution in [0.5, 0.6) is 5.75 Å². The minimum absolute atomic E-state index is 0.230. The summed E-state index contributed by atoms with van der Waals surface area (Å²) in [4.78, 5) is 12.6. The number of hydrogen-bond acceptors (Lipinski definition) is 4. The lowest BCUT2D eigenvalue weighted by Gasteiger charge is -2.12. The highest BCUT2D eigenvalue weighted by Gasteiger charge is 2.15. The van der Waals surface area contributed by atoms with E-state index in [1.54, 1.807) is 43.3 Å². The maximum Gasteiger partial charge on any atom is 0.255 e. The molecule has 0 saturated heterocycles. The average Bonchev–Trinajstić information content (AvgIpc) is 2.99. The number of rotatable bonds is 6. The van der Waals surface area contributed by atoms with E-state index < -0.39 is 0 Å². The Morgan fingerprint density at radius 3 is 2.67 bits per heavy atom. The van der Waals surface area contributed by atoms with Gasteiger partial charge in [-0.05, 0) is 50.1 Å². The molecule has 0 spiro atoms. The van der Waals surface area contributed by atoms with Crippen LogP contribution in [-0.4, -0.2) is 11.1 Å². The van der Waals surface area contributed by atoms with Gasteiger partial charge in [0.2, 0.25) is 0 Å². The molecule has 140 valence electrons. The number of para-hydroxylation sites is 1. The molecule has 0 bridgehead atoms. The normalized spacial score (nSPS) is 10.7. The van der Waals surface area contributed by atoms with Gasteiger partial charge in [0, 0.05) is 6.54 Å². The molecule has 0 radical (unpaired) electrons. The summed E-state index contributed by atoms with van der Waals surface area (Å²) in [6.45, 7) is 5.85. The van der Waals surface area contributed by atoms with Crippen molar-refractivity contribution < 1.29 is 18.4 Å². The Bertz CT molecular complexity index is 946. The fourth-order valence-corrected chi connectivity index (χ4v) is 2.66. The second-order valence-electron chi connectivity index (χ2n) is 6.35. The molecule has 0 atom stereocenters. The van der Waals surface area contributed by atoms with Crippen molar-refractivity contribution in [2.45, 2.75) is 33.9 Å². The van der Waals surface area contributed by atoms with Gasteiger partial charge >= 0.3 is 0 Å². The summed E-state index contributed by atoms with van der Waals surface area (Å²) in [5, 5.41) is 6.70. The lowest BCUT2D eigenvalue weighted by molar-refractivity contribution is 0.0946. The molecular weight excluding hydrogens is 347 g/mol. The summed E-state index contributed by atoms with van der Waals surface area (Å²) in [6.07, 6.45) is 0. The Morgan fingerprint density at radius 1 is 1.19 bits per heavy atom. The van der Waals surface area contributed by atoms with E-state index in [-0.39, 0.29) is 24.9 Å². The molecule has 1 aromatic heterocycles. The van der Waals surface area contributed by atoms with Crippen molar-refractivity contribution >= 4 is 5.91 Å². The van der Waals surface area contributed by atoms with E-state index in [2.05, 4.69) is 10.5 Å². The summed E-state index contributed by atoms with van der Waals surface area (Å²) in [7, 11) is 0. The van der Waals surface area contributed by atoms with Crippen molar-refractivity contribution in [1.29, 1.82) is 0 Å². The SMILES string of the molecule is Cc1ccc(CNC(=O)c2ccccc2OCc2c(C)noc2C)cc1F. The van der Waals surface area contributed by atoms with Crippen LogP contribution in [0, 0.1) is 26.6 Å². The first-order chi connectivity index (χ1) is 13.0. The predicted octanol–water partition coefficient (Wildman–Crippen LogP) is 4.25. The van der Waals surface area contributed by atoms with Crippen LogP contribution in [0.2, 0.25) is 0 Å². The summed E-state index contributed by atoms with van der Waals surface area (Å²) in [6, 6.07) is 11.9. The maximum atomic E-state index is 13.6. The van der Waals surface area contributed by atoms with Gasteiger partial charge in [-0.2, -0.15) is 0 Å². The van der Waals surface area contributed by atoms with Crippen molar-refractivity contribution in [1.82, 2.24) is 10.5 Å². The lowest BCUT2D eigenvalue weighted by atomic mass is 10.1. The number of halogens is 1. The van der Waals surface area contributed by atoms with E-state index in [1.807, 2.05) is 13.8 Å². The highest BCUT2D eigenvalue weighted by molar-refractivity contribution is 5.96. The molecule has 3 aromatic rings. The third kappa shape index (κ3) is 4.34. The number of carbonyl (C=O) groups is 1. The quantitative estimate of drug-likeness (QED) is 0.706. The standard InChI is InChI=1S/C21H21FN2O3/c1-13-8-9-16(10-19(13)22)11-23-21(25)17-6-4-5-7-20(17)26-12-18-14(2)24-27-15(18)3/h4-10H,11-12H2,1-3H3,(H,23,25). The van der Waals surface area contributed by atoms with Gasteiger partial charge in [0.1, 0.15) is 23.9 Å². The molecule has 1 heterocycles. The molecule has 1 N–H and O–H groups in total. The highest BCUT2D eigenvalue weighted by Crippen LogP contribution is 2.21. The average molecular weight is 368 g/mol. The molecular formula is C21H21FN2O3. The number of aromatic nitrogens is 1. The predicted molar refractivity (Wildman–Crippen MR) is 99.1 cm³/mol. The first-order valence-electron chi connectivity index (χ1n) is 8.62. The molecule has 0 aliphatic carbocycles. The van der Waals surface area contributed by atoms with Crippen LogP contribution < -0.4 is 10.1 Å². The number of aryl methyl sites for hydroxylation is 3. The van der Waals surface area contributed by atoms with E-state index in [0.717, 1.165) is 11.3 Å². The van der Waals surface area contributed by atoms with Crippen LogP contribution >= 0.6 is 0 Å². The van der Waals surface area contributed by atoms with Crippen LogP contribution in [0.1, 0.15) is 38.5 Å². The van der Waals surface area contributed by atoms with Crippen LogP contribution in [0.4, 0.5) is 4.39 Å². The first kappa shape index (κ1) is 18.6. The number of carbonyl (C=O) groups excluding carboxylic acids is 1. The number of amides is 1. The minimum Gasteiger partial charge on any atom is -0.488 e. The first-order valence-corrected chi connectivity index (χ1v) is 8.62. The number of ether oxygens (including phenoxy) is 1. The monoisotopic (exact) mass is 368 g/mol. The largest absolute Gasteiger partial charge is 0.488 e. The zero-order valence-corrected chi connectivity index (χ0v) is 15.5. The van der Waals surface area contributed by atoms with Crippen LogP contribution in [-0.2, 0) is 13.2 Å². The van der Waals surface area contributed by atoms with E-state index in [1.165, 1.54) is 6.07 Å². The molecule has 6 heteroatoms. The van der Waals surface area contributed by atoms with Crippen LogP contribution in [0.3, 0.4) is 0 Å². The number of hydrogen-bond donors (Lipinski definition) is 1. The Morgan fingerprint density at radius 2 is 1.96 bits per heavy atom. The van der Waals surface area contributed by atoms with Gasteiger partial charge in [-0.25, -0.2) is 4.39 Å². The Hall–Kier alpha value is -3.15. The molecule has 3 rings (SSSR count). The van der Waals surface area contributed by atoms with Gasteiger partial charge in [0.25, 0.3) is 5.91 Å². The van der Waals surface area contributed by atoms with Gasteiger partial charge in [0.05, 0.1) is 16.8 Å². The lowest BCUT2D eigenvalue weighted by Crippen LogP contribution is -2.23. The maximum absolute atomic E-state index is 13.6. The Kier molecular flexibility index (Phi) is 5.54. The molecule has 1 amide bonds. The third-order valence-corrected chi connectivity index (χ3v) is 4.37. The van der Waals surface area contributed by atoms with E-state index >= 15 is 0 Å². The second-order valence-corrected chi connectivity index (χ2v) is 6.35. The molecule has 27 heavy (non-hydrogen) atoms. The van der Waals surface area contributed by atoms with Gasteiger partial charge in [-0.3, -0.25) is 4.79 Å². The molecule has 0 aliphatic rings. The zero-order valence-electron chi connectivity index (χ0n) is 15.5. The van der Waals surface area contributed by atoms with E-state index in [0.29, 0.717) is 28.2 Å². The summed E-state index contributed by atoms with van der Waals surface area (Å²) in [5.41, 5.74) is 3.30. The van der Waals surface area contributed by atoms with Gasteiger partial charge < -0.3 is 14.6 Å². The Labute approximate surface area is 157 Å². The van der Waals surface area contributed by atoms with Crippen molar-refractivity contribution in [3.05, 3.63) is 82.0 Å². The highest BCUT2D eigenvalue weighted by atomic mass is 19.1. The van der Waals surface area contributed by atoms with E-state index in [4.69, 9.17) is 9.26 Å². The number of nitrogens with zero attached hydrogens (tertiary/aromatic N) is 1. The van der Waals surface area contributed by atoms with Crippen molar-refractivity contribution in [3.63, 3.8) is 0 Å². The smallest absolute Gasteiger partial charge is 0.255 e. The van der Waals surface area contributed by atoms with Gasteiger partial charge in [-0.15, -0.1) is 0 Å². The third-order valence-electron chi connectivity index (χ3n) is 4.37. The second kappa shape index (κ2) is 8.03. The Balaban J connectivity index is 1.69. The zero-order chi connectivity index (χ0) is 19.4. The van der Waals surface area contributed by atoms with Crippen molar-refractivity contribution in [3.8, 4) is 5.75 Å². The van der Waals surface area contributed by atoms with Crippen LogP contribution in [0.25, 0.3) is 0 Å². The molecule has 0 fully saturated rings. The fourth-order valence-electron chi connectivity index (χ4n) is 2.66. The molecule has 0 saturated carbocycles. The van der Waals surface area contributed by atoms with Crippen LogP contribution in [0.15, 0.2) is 47.0 Å². The van der Waals surface area contributed by atoms with Crippen molar-refractivity contribution in [2.24, 2.45) is 0 Å². The topological polar surface area (TPSA) is 64.4 Å². The fraction of sp³-hybridized carbons (Fsp3) is 0.238. The number of nitrogens with one attached hydrogen (secondary N) is 1. The van der Waals surface area contributed by atoms with Crippen molar-refractivity contribution in [2.75, 3.05) is 0 Å². The summed E-state index contributed by atoms with van der Waals surface area (Å²) >= 11 is 0. The summed E-state index contributed by atoms with van der Waals surface area (Å²) < 4.78 is 24.6. The minimum atomic E-state index is -0.287. The summed E-state index contributed by atoms with van der Waals surface area (Å²) in [5.74, 6) is 0.580. The van der Waals surface area contributed by atoms with Gasteiger partial charge in [0.15, 0.2) is 0 Å². The van der Waals surface area contributed by atoms with Gasteiger partial charge in [-0.1, -0.05) is 29.4 Å². The molecule has 5 nitrogen and oxygen atoms in total. The molecule has 0 aliphatic heterocycles.